The van der Waals surface area contributed by atoms with Crippen LogP contribution in [0.3, 0.4) is 0 Å². The minimum Gasteiger partial charge on any atom is -0.480 e. The number of rotatable bonds is 8. The number of carbonyl (C=O) groups is 6. The third kappa shape index (κ3) is 11.5. The van der Waals surface area contributed by atoms with Gasteiger partial charge in [-0.2, -0.15) is 0 Å². The van der Waals surface area contributed by atoms with Crippen molar-refractivity contribution in [2.75, 3.05) is 5.32 Å². The van der Waals surface area contributed by atoms with Gasteiger partial charge in [0.25, 0.3) is 11.8 Å². The van der Waals surface area contributed by atoms with E-state index >= 15 is 0 Å². The van der Waals surface area contributed by atoms with E-state index in [2.05, 4.69) is 26.6 Å². The molecule has 2 bridgehead atoms. The average molecular weight is 812 g/mol. The molecule has 8 N–H and O–H groups in total. The minimum absolute atomic E-state index is 0.0293. The standard InChI is InChI=1S/C46H45N5O9/c52-39-40(53)45(58)50-37(25-29-12-6-2-7-13-29)42(55)49-36(26-30-16-20-33(21-17-30)32-14-8-3-9-15-32)41(54)48-35(24-28-10-4-1-5-11-28)43(56)51-38(46(59)60)27-31-18-22-34(23-19-31)47-44(39)57/h1-23,35-40,52-53H,24-27H2,(H,47,57)(H,48,54)(H,49,55)(H,50,58)(H,51,56)(H,59,60)/t35-,36+,37-,38-,39-,40-/m1/s1. The summed E-state index contributed by atoms with van der Waals surface area (Å²) in [5.74, 6) is -6.12. The van der Waals surface area contributed by atoms with Crippen molar-refractivity contribution < 1.29 is 44.1 Å². The molecule has 308 valence electrons. The van der Waals surface area contributed by atoms with Gasteiger partial charge in [-0.05, 0) is 45.5 Å². The van der Waals surface area contributed by atoms with Crippen LogP contribution in [0.2, 0.25) is 0 Å². The number of amides is 5. The van der Waals surface area contributed by atoms with Crippen molar-refractivity contribution >= 4 is 41.2 Å². The molecule has 2 aliphatic rings. The van der Waals surface area contributed by atoms with Crippen LogP contribution in [0.5, 0.6) is 0 Å². The van der Waals surface area contributed by atoms with E-state index in [0.717, 1.165) is 11.1 Å². The van der Waals surface area contributed by atoms with Gasteiger partial charge < -0.3 is 41.9 Å². The summed E-state index contributed by atoms with van der Waals surface area (Å²) in [4.78, 5) is 81.6. The number of nitrogens with one attached hydrogen (secondary N) is 5. The third-order valence-electron chi connectivity index (χ3n) is 10.1. The van der Waals surface area contributed by atoms with Crippen LogP contribution in [-0.2, 0) is 54.5 Å². The number of carbonyl (C=O) groups excluding carboxylic acids is 5. The SMILES string of the molecule is O=C1N[C@H](Cc2ccccc2)C(=O)N[C@@H](C(=O)O)Cc2ccc(cc2)NC(=O)[C@H](O)[C@@H](O)C(=O)N[C@H](Cc2ccccc2)C(=O)N[C@H]1Cc1ccc(-c2ccccc2)cc1. The Morgan fingerprint density at radius 2 is 0.867 bits per heavy atom. The predicted molar refractivity (Wildman–Crippen MR) is 222 cm³/mol. The van der Waals surface area contributed by atoms with Crippen LogP contribution >= 0.6 is 0 Å². The maximum Gasteiger partial charge on any atom is 0.326 e. The summed E-state index contributed by atoms with van der Waals surface area (Å²) in [5.41, 5.74) is 4.38. The molecule has 6 atom stereocenters. The number of aliphatic carboxylic acids is 1. The Hall–Kier alpha value is -7.16. The van der Waals surface area contributed by atoms with Gasteiger partial charge in [-0.3, -0.25) is 24.0 Å². The second-order valence-electron chi connectivity index (χ2n) is 14.5. The number of aliphatic hydroxyl groups excluding tert-OH is 2. The zero-order valence-electron chi connectivity index (χ0n) is 32.4. The lowest BCUT2D eigenvalue weighted by molar-refractivity contribution is -0.145. The van der Waals surface area contributed by atoms with Crippen LogP contribution in [-0.4, -0.2) is 87.2 Å². The Kier molecular flexibility index (Phi) is 14.2. The Labute approximate surface area is 346 Å². The zero-order valence-corrected chi connectivity index (χ0v) is 32.4. The molecule has 7 rings (SSSR count). The van der Waals surface area contributed by atoms with Crippen molar-refractivity contribution in [2.45, 2.75) is 62.1 Å². The Morgan fingerprint density at radius 1 is 0.467 bits per heavy atom. The summed E-state index contributed by atoms with van der Waals surface area (Å²) in [5, 5.41) is 44.6. The number of anilines is 1. The lowest BCUT2D eigenvalue weighted by Crippen LogP contribution is -2.60. The highest BCUT2D eigenvalue weighted by molar-refractivity contribution is 6.00. The minimum atomic E-state index is -2.31. The van der Waals surface area contributed by atoms with E-state index in [1.807, 2.05) is 42.5 Å². The van der Waals surface area contributed by atoms with E-state index in [9.17, 15) is 44.1 Å². The molecule has 2 heterocycles. The number of hydrogen-bond acceptors (Lipinski definition) is 8. The highest BCUT2D eigenvalue weighted by Gasteiger charge is 2.35. The molecular weight excluding hydrogens is 767 g/mol. The van der Waals surface area contributed by atoms with E-state index in [-0.39, 0.29) is 31.4 Å². The number of carboxylic acid groups (broad SMARTS) is 1. The molecular formula is C46H45N5O9. The van der Waals surface area contributed by atoms with Crippen molar-refractivity contribution in [1.29, 1.82) is 0 Å². The summed E-state index contributed by atoms with van der Waals surface area (Å²) in [6, 6.07) is 34.7. The van der Waals surface area contributed by atoms with Gasteiger partial charge in [0.15, 0.2) is 12.2 Å². The first kappa shape index (κ1) is 42.4. The van der Waals surface area contributed by atoms with Gasteiger partial charge in [0.2, 0.25) is 17.7 Å². The molecule has 5 aromatic rings. The topological polar surface area (TPSA) is 223 Å². The van der Waals surface area contributed by atoms with E-state index in [1.54, 1.807) is 72.8 Å². The number of benzene rings is 5. The first-order valence-corrected chi connectivity index (χ1v) is 19.4. The fraction of sp³-hybridized carbons (Fsp3) is 0.217. The zero-order chi connectivity index (χ0) is 42.6. The molecule has 0 spiro atoms. The molecule has 0 radical (unpaired) electrons. The summed E-state index contributed by atoms with van der Waals surface area (Å²) in [6.45, 7) is 0. The summed E-state index contributed by atoms with van der Waals surface area (Å²) >= 11 is 0. The van der Waals surface area contributed by atoms with Crippen LogP contribution in [0, 0.1) is 0 Å². The van der Waals surface area contributed by atoms with Crippen LogP contribution in [0.25, 0.3) is 11.1 Å². The average Bonchev–Trinajstić information content (AvgIpc) is 3.26. The number of carboxylic acids is 1. The van der Waals surface area contributed by atoms with E-state index < -0.39 is 71.9 Å². The van der Waals surface area contributed by atoms with Crippen LogP contribution in [0.15, 0.2) is 140 Å². The van der Waals surface area contributed by atoms with Crippen molar-refractivity contribution in [3.63, 3.8) is 0 Å². The first-order chi connectivity index (χ1) is 28.9. The molecule has 5 aromatic carbocycles. The van der Waals surface area contributed by atoms with Crippen molar-refractivity contribution in [3.05, 3.63) is 162 Å². The van der Waals surface area contributed by atoms with Gasteiger partial charge in [0.05, 0.1) is 0 Å². The van der Waals surface area contributed by atoms with Gasteiger partial charge in [0, 0.05) is 31.4 Å². The fourth-order valence-corrected chi connectivity index (χ4v) is 6.76. The van der Waals surface area contributed by atoms with E-state index in [0.29, 0.717) is 22.3 Å². The molecule has 14 nitrogen and oxygen atoms in total. The first-order valence-electron chi connectivity index (χ1n) is 19.4. The molecule has 2 aliphatic heterocycles. The molecule has 0 aliphatic carbocycles. The second kappa shape index (κ2) is 20.0. The summed E-state index contributed by atoms with van der Waals surface area (Å²) in [6.07, 6.45) is -4.96. The molecule has 0 saturated heterocycles. The van der Waals surface area contributed by atoms with Gasteiger partial charge >= 0.3 is 5.97 Å². The largest absolute Gasteiger partial charge is 0.480 e. The van der Waals surface area contributed by atoms with Gasteiger partial charge in [-0.25, -0.2) is 4.79 Å². The number of aliphatic hydroxyl groups is 2. The maximum absolute atomic E-state index is 14.4. The fourth-order valence-electron chi connectivity index (χ4n) is 6.76. The molecule has 0 aromatic heterocycles. The smallest absolute Gasteiger partial charge is 0.326 e. The third-order valence-corrected chi connectivity index (χ3v) is 10.1. The molecule has 60 heavy (non-hydrogen) atoms. The Balaban J connectivity index is 1.38. The van der Waals surface area contributed by atoms with Crippen LogP contribution in [0.4, 0.5) is 5.69 Å². The van der Waals surface area contributed by atoms with E-state index in [1.165, 1.54) is 24.3 Å². The number of fused-ring (bicyclic) bond motifs is 18. The quantitative estimate of drug-likeness (QED) is 0.108. The predicted octanol–water partition coefficient (Wildman–Crippen LogP) is 2.32. The van der Waals surface area contributed by atoms with Gasteiger partial charge in [0.1, 0.15) is 24.2 Å². The molecule has 14 heteroatoms. The molecule has 0 fully saturated rings. The van der Waals surface area contributed by atoms with E-state index in [4.69, 9.17) is 0 Å². The Bertz CT molecular complexity index is 2270. The molecule has 0 saturated carbocycles. The summed E-state index contributed by atoms with van der Waals surface area (Å²) in [7, 11) is 0. The van der Waals surface area contributed by atoms with Crippen molar-refractivity contribution in [2.24, 2.45) is 0 Å². The Morgan fingerprint density at radius 3 is 1.35 bits per heavy atom. The highest BCUT2D eigenvalue weighted by Crippen LogP contribution is 2.20. The summed E-state index contributed by atoms with van der Waals surface area (Å²) < 4.78 is 0. The highest BCUT2D eigenvalue weighted by atomic mass is 16.4. The van der Waals surface area contributed by atoms with Crippen LogP contribution in [0.1, 0.15) is 22.3 Å². The molecule has 0 unspecified atom stereocenters. The molecule has 5 amide bonds. The maximum atomic E-state index is 14.4. The normalized spacial score (nSPS) is 21.9. The lowest BCUT2D eigenvalue weighted by Gasteiger charge is -2.27. The lowest BCUT2D eigenvalue weighted by atomic mass is 9.98. The monoisotopic (exact) mass is 811 g/mol. The van der Waals surface area contributed by atoms with Gasteiger partial charge in [-0.1, -0.05) is 127 Å². The second-order valence-corrected chi connectivity index (χ2v) is 14.5. The van der Waals surface area contributed by atoms with Gasteiger partial charge in [-0.15, -0.1) is 0 Å². The van der Waals surface area contributed by atoms with Crippen LogP contribution < -0.4 is 26.6 Å². The number of hydrogen-bond donors (Lipinski definition) is 8. The van der Waals surface area contributed by atoms with Crippen molar-refractivity contribution in [3.8, 4) is 11.1 Å². The van der Waals surface area contributed by atoms with Crippen molar-refractivity contribution in [1.82, 2.24) is 21.3 Å².